The number of allylic oxidation sites excluding steroid dienone is 3. The fourth-order valence-corrected chi connectivity index (χ4v) is 2.06. The second-order valence-electron chi connectivity index (χ2n) is 8.03. The van der Waals surface area contributed by atoms with E-state index >= 15 is 0 Å². The van der Waals surface area contributed by atoms with Crippen molar-refractivity contribution in [2.75, 3.05) is 60.8 Å². The van der Waals surface area contributed by atoms with Crippen molar-refractivity contribution in [3.05, 3.63) is 24.5 Å². The normalized spacial score (nSPS) is 10.2. The summed E-state index contributed by atoms with van der Waals surface area (Å²) in [7, 11) is 5.03. The summed E-state index contributed by atoms with van der Waals surface area (Å²) in [6, 6.07) is 0. The number of ether oxygens (including phenoxy) is 2. The molecule has 9 heteroatoms. The molecule has 0 aromatic heterocycles. The highest BCUT2D eigenvalue weighted by molar-refractivity contribution is 7.76. The van der Waals surface area contributed by atoms with Gasteiger partial charge in [-0.3, -0.25) is 9.45 Å². The number of likely N-dealkylation sites (N-methyl/N-ethyl adjacent to an activating group) is 1. The van der Waals surface area contributed by atoms with E-state index in [2.05, 4.69) is 51.2 Å². The van der Waals surface area contributed by atoms with Crippen molar-refractivity contribution < 1.29 is 23.3 Å². The van der Waals surface area contributed by atoms with Crippen LogP contribution >= 0.6 is 0 Å². The van der Waals surface area contributed by atoms with Crippen molar-refractivity contribution in [2.45, 2.75) is 102 Å². The molecule has 0 fully saturated rings. The fourth-order valence-electron chi connectivity index (χ4n) is 1.83. The van der Waals surface area contributed by atoms with Crippen LogP contribution in [-0.2, 0) is 20.7 Å². The summed E-state index contributed by atoms with van der Waals surface area (Å²) < 4.78 is 29.6. The molecule has 244 valence electrons. The largest absolute Gasteiger partial charge is 0.502 e. The average molecular weight is 588 g/mol. The Bertz CT molecular complexity index is 446. The summed E-state index contributed by atoms with van der Waals surface area (Å²) in [6.45, 7) is 31.5. The van der Waals surface area contributed by atoms with Crippen molar-refractivity contribution >= 4 is 11.3 Å². The SMILES string of the molecule is C/C=C/C(C)C.C=C(C)OC.CC.CC.CCC(CC)CCN.CCN(C)CO.CCOCCN(C)S(=O)O. The first-order valence-electron chi connectivity index (χ1n) is 14.6. The Balaban J connectivity index is -0.0000000647. The third-order valence-electron chi connectivity index (χ3n) is 4.46. The lowest BCUT2D eigenvalue weighted by atomic mass is 10.00. The molecule has 0 heterocycles. The Morgan fingerprint density at radius 1 is 1.08 bits per heavy atom. The van der Waals surface area contributed by atoms with E-state index in [9.17, 15) is 4.21 Å². The summed E-state index contributed by atoms with van der Waals surface area (Å²) in [4.78, 5) is 1.81. The van der Waals surface area contributed by atoms with Gasteiger partial charge < -0.3 is 20.3 Å². The maximum atomic E-state index is 10.3. The van der Waals surface area contributed by atoms with Crippen LogP contribution < -0.4 is 5.73 Å². The molecule has 0 saturated heterocycles. The molecule has 0 rings (SSSR count). The van der Waals surface area contributed by atoms with Crippen LogP contribution in [0.15, 0.2) is 24.5 Å². The predicted octanol–water partition coefficient (Wildman–Crippen LogP) is 7.19. The van der Waals surface area contributed by atoms with Gasteiger partial charge in [0.2, 0.25) is 11.3 Å². The van der Waals surface area contributed by atoms with Crippen LogP contribution in [0.25, 0.3) is 0 Å². The van der Waals surface area contributed by atoms with Crippen molar-refractivity contribution in [1.82, 2.24) is 9.21 Å². The summed E-state index contributed by atoms with van der Waals surface area (Å²) in [5.74, 6) is 2.35. The number of rotatable bonds is 13. The van der Waals surface area contributed by atoms with Crippen LogP contribution in [0.5, 0.6) is 0 Å². The summed E-state index contributed by atoms with van der Waals surface area (Å²) in [5, 5.41) is 8.26. The molecule has 0 aromatic carbocycles. The number of hydrogen-bond acceptors (Lipinski definition) is 6. The van der Waals surface area contributed by atoms with Gasteiger partial charge in [-0.1, -0.05) is 93.9 Å². The lowest BCUT2D eigenvalue weighted by Crippen LogP contribution is -2.24. The number of hydrogen-bond donors (Lipinski definition) is 3. The van der Waals surface area contributed by atoms with Crippen molar-refractivity contribution in [1.29, 1.82) is 0 Å². The zero-order valence-corrected chi connectivity index (χ0v) is 29.7. The molecule has 0 amide bonds. The molecule has 0 saturated carbocycles. The monoisotopic (exact) mass is 588 g/mol. The van der Waals surface area contributed by atoms with Crippen LogP contribution in [0, 0.1) is 11.8 Å². The number of methoxy groups -OCH3 is 1. The molecule has 8 nitrogen and oxygen atoms in total. The van der Waals surface area contributed by atoms with Gasteiger partial charge in [0, 0.05) is 20.2 Å². The Kier molecular flexibility index (Phi) is 74.4. The Morgan fingerprint density at radius 2 is 1.51 bits per heavy atom. The average Bonchev–Trinajstić information content (AvgIpc) is 2.94. The molecule has 1 unspecified atom stereocenters. The fraction of sp³-hybridized carbons (Fsp3) is 0.867. The number of aliphatic hydroxyl groups excluding tert-OH is 1. The summed E-state index contributed by atoms with van der Waals surface area (Å²) in [6.07, 6.45) is 8.01. The van der Waals surface area contributed by atoms with Gasteiger partial charge in [-0.25, -0.2) is 8.51 Å². The van der Waals surface area contributed by atoms with E-state index in [1.165, 1.54) is 23.6 Å². The van der Waals surface area contributed by atoms with Crippen LogP contribution in [0.2, 0.25) is 0 Å². The minimum absolute atomic E-state index is 0.163. The zero-order valence-electron chi connectivity index (χ0n) is 28.9. The highest BCUT2D eigenvalue weighted by Gasteiger charge is 2.01. The van der Waals surface area contributed by atoms with Gasteiger partial charge in [0.05, 0.1) is 26.2 Å². The quantitative estimate of drug-likeness (QED) is 0.0688. The molecule has 0 aromatic rings. The second-order valence-corrected chi connectivity index (χ2v) is 9.11. The first-order valence-corrected chi connectivity index (χ1v) is 15.7. The van der Waals surface area contributed by atoms with Crippen molar-refractivity contribution in [2.24, 2.45) is 17.6 Å². The lowest BCUT2D eigenvalue weighted by Gasteiger charge is -2.09. The van der Waals surface area contributed by atoms with Crippen LogP contribution in [0.4, 0.5) is 0 Å². The molecule has 0 spiro atoms. The molecule has 0 bridgehead atoms. The van der Waals surface area contributed by atoms with Crippen LogP contribution in [0.1, 0.15) is 102 Å². The Morgan fingerprint density at radius 3 is 1.64 bits per heavy atom. The molecule has 0 aliphatic carbocycles. The standard InChI is InChI=1S/C7H17N.C6H12.C5H13NO3S.C4H11NO.C4H8O.2C2H6/c1-3-7(4-2)5-6-8;1-4-5-6(2)3;1-3-9-5-4-6(2)10(7)8;1-3-5(2)4-6;1-4(2)5-3;2*1-2/h7H,3-6,8H2,1-2H3;4-6H,1-3H3;3-5H2,1-2H3,(H,7,8);6H,3-4H2,1-2H3;1H2,2-3H3;2*1-2H3/b;5-4+;;;;;. The maximum absolute atomic E-state index is 10.3. The zero-order chi connectivity index (χ0) is 32.7. The third kappa shape index (κ3) is 78.7. The molecule has 0 aliphatic rings. The van der Waals surface area contributed by atoms with E-state index in [0.29, 0.717) is 19.8 Å². The highest BCUT2D eigenvalue weighted by atomic mass is 32.2. The van der Waals surface area contributed by atoms with E-state index < -0.39 is 11.3 Å². The maximum Gasteiger partial charge on any atom is 0.234 e. The van der Waals surface area contributed by atoms with E-state index in [-0.39, 0.29) is 6.73 Å². The topological polar surface area (TPSA) is 108 Å². The van der Waals surface area contributed by atoms with Gasteiger partial charge in [0.1, 0.15) is 0 Å². The van der Waals surface area contributed by atoms with Gasteiger partial charge in [0.25, 0.3) is 0 Å². The third-order valence-corrected chi connectivity index (χ3v) is 5.17. The number of nitrogens with two attached hydrogens (primary N) is 1. The molecule has 0 radical (unpaired) electrons. The number of aliphatic hydroxyl groups is 1. The minimum Gasteiger partial charge on any atom is -0.502 e. The van der Waals surface area contributed by atoms with Crippen LogP contribution in [-0.4, -0.2) is 83.9 Å². The smallest absolute Gasteiger partial charge is 0.234 e. The molecule has 4 N–H and O–H groups in total. The molecular weight excluding hydrogens is 514 g/mol. The first kappa shape index (κ1) is 54.3. The summed E-state index contributed by atoms with van der Waals surface area (Å²) >= 11 is -1.86. The first-order chi connectivity index (χ1) is 18.4. The van der Waals surface area contributed by atoms with E-state index in [1.807, 2.05) is 55.5 Å². The van der Waals surface area contributed by atoms with Crippen molar-refractivity contribution in [3.63, 3.8) is 0 Å². The van der Waals surface area contributed by atoms with Crippen molar-refractivity contribution in [3.8, 4) is 0 Å². The van der Waals surface area contributed by atoms with E-state index in [4.69, 9.17) is 20.1 Å². The minimum atomic E-state index is -1.86. The van der Waals surface area contributed by atoms with Gasteiger partial charge in [-0.05, 0) is 59.2 Å². The highest BCUT2D eigenvalue weighted by Crippen LogP contribution is 2.09. The molecule has 1 atom stereocenters. The van der Waals surface area contributed by atoms with Gasteiger partial charge in [-0.2, -0.15) is 0 Å². The van der Waals surface area contributed by atoms with E-state index in [1.54, 1.807) is 26.0 Å². The second kappa shape index (κ2) is 53.4. The van der Waals surface area contributed by atoms with Gasteiger partial charge >= 0.3 is 0 Å². The van der Waals surface area contributed by atoms with Gasteiger partial charge in [-0.15, -0.1) is 0 Å². The molecule has 0 aliphatic heterocycles. The molecular formula is C30H73N3O5S. The van der Waals surface area contributed by atoms with Gasteiger partial charge in [0.15, 0.2) is 0 Å². The summed E-state index contributed by atoms with van der Waals surface area (Å²) in [5.41, 5.74) is 5.38. The predicted molar refractivity (Wildman–Crippen MR) is 177 cm³/mol. The lowest BCUT2D eigenvalue weighted by molar-refractivity contribution is 0.138. The number of nitrogens with zero attached hydrogens (tertiary/aromatic N) is 2. The Labute approximate surface area is 248 Å². The Hall–Kier alpha value is -0.810. The van der Waals surface area contributed by atoms with Crippen LogP contribution in [0.3, 0.4) is 0 Å². The van der Waals surface area contributed by atoms with E-state index in [0.717, 1.165) is 30.7 Å². The molecule has 39 heavy (non-hydrogen) atoms.